The molecule has 1 heterocycles. The first-order chi connectivity index (χ1) is 8.58. The molecule has 0 radical (unpaired) electrons. The zero-order valence-electron chi connectivity index (χ0n) is 9.82. The quantitative estimate of drug-likeness (QED) is 0.807. The van der Waals surface area contributed by atoms with Gasteiger partial charge in [0.25, 0.3) is 0 Å². The van der Waals surface area contributed by atoms with Gasteiger partial charge in [-0.05, 0) is 46.4 Å². The van der Waals surface area contributed by atoms with E-state index in [0.29, 0.717) is 6.61 Å². The molecule has 0 amide bonds. The molecule has 0 spiro atoms. The predicted octanol–water partition coefficient (Wildman–Crippen LogP) is 4.87. The Morgan fingerprint density at radius 1 is 1.33 bits per heavy atom. The van der Waals surface area contributed by atoms with Crippen molar-refractivity contribution < 1.29 is 4.74 Å². The number of nitrogens with two attached hydrogens (primary N) is 1. The lowest BCUT2D eigenvalue weighted by Crippen LogP contribution is -2.08. The minimum atomic E-state index is -0.0418. The van der Waals surface area contributed by atoms with Crippen LogP contribution in [0.15, 0.2) is 38.6 Å². The van der Waals surface area contributed by atoms with Crippen LogP contribution in [0.1, 0.15) is 23.4 Å². The molecular formula is C13H13Br2NOS. The lowest BCUT2D eigenvalue weighted by molar-refractivity contribution is 0.304. The number of hydrogen-bond donors (Lipinski definition) is 1. The van der Waals surface area contributed by atoms with Crippen molar-refractivity contribution in [3.63, 3.8) is 0 Å². The van der Waals surface area contributed by atoms with Crippen molar-refractivity contribution in [2.24, 2.45) is 5.73 Å². The first kappa shape index (κ1) is 14.1. The van der Waals surface area contributed by atoms with E-state index >= 15 is 0 Å². The number of benzene rings is 1. The summed E-state index contributed by atoms with van der Waals surface area (Å²) in [6, 6.07) is 7.91. The molecule has 1 atom stereocenters. The Hall–Kier alpha value is -0.360. The predicted molar refractivity (Wildman–Crippen MR) is 83.1 cm³/mol. The van der Waals surface area contributed by atoms with Crippen LogP contribution in [-0.2, 0) is 6.61 Å². The van der Waals surface area contributed by atoms with E-state index in [2.05, 4.69) is 31.9 Å². The van der Waals surface area contributed by atoms with Crippen molar-refractivity contribution in [1.29, 1.82) is 0 Å². The van der Waals surface area contributed by atoms with Gasteiger partial charge in [0, 0.05) is 20.6 Å². The second-order valence-corrected chi connectivity index (χ2v) is 6.72. The van der Waals surface area contributed by atoms with Gasteiger partial charge in [0.05, 0.1) is 4.88 Å². The van der Waals surface area contributed by atoms with Crippen LogP contribution in [0.4, 0.5) is 0 Å². The molecule has 0 aliphatic heterocycles. The highest BCUT2D eigenvalue weighted by Gasteiger charge is 2.10. The first-order valence-corrected chi connectivity index (χ1v) is 7.94. The molecule has 0 aliphatic rings. The van der Waals surface area contributed by atoms with E-state index in [1.807, 2.05) is 36.6 Å². The Morgan fingerprint density at radius 3 is 2.72 bits per heavy atom. The summed E-state index contributed by atoms with van der Waals surface area (Å²) < 4.78 is 7.96. The number of rotatable bonds is 4. The van der Waals surface area contributed by atoms with Gasteiger partial charge in [0.2, 0.25) is 0 Å². The van der Waals surface area contributed by atoms with E-state index in [-0.39, 0.29) is 6.04 Å². The molecule has 18 heavy (non-hydrogen) atoms. The molecule has 0 fully saturated rings. The van der Waals surface area contributed by atoms with Gasteiger partial charge in [-0.3, -0.25) is 0 Å². The van der Waals surface area contributed by atoms with Crippen LogP contribution in [0, 0.1) is 0 Å². The van der Waals surface area contributed by atoms with Crippen LogP contribution in [0.5, 0.6) is 5.75 Å². The van der Waals surface area contributed by atoms with Gasteiger partial charge in [-0.15, -0.1) is 11.3 Å². The fraction of sp³-hybridized carbons (Fsp3) is 0.231. The zero-order chi connectivity index (χ0) is 13.1. The lowest BCUT2D eigenvalue weighted by Gasteiger charge is -2.14. The van der Waals surface area contributed by atoms with Crippen LogP contribution in [0.2, 0.25) is 0 Å². The Morgan fingerprint density at radius 2 is 2.11 bits per heavy atom. The maximum Gasteiger partial charge on any atom is 0.125 e. The van der Waals surface area contributed by atoms with Gasteiger partial charge < -0.3 is 10.5 Å². The van der Waals surface area contributed by atoms with Gasteiger partial charge >= 0.3 is 0 Å². The summed E-state index contributed by atoms with van der Waals surface area (Å²) in [4.78, 5) is 1.17. The monoisotopic (exact) mass is 389 g/mol. The fourth-order valence-electron chi connectivity index (χ4n) is 1.58. The molecule has 0 unspecified atom stereocenters. The molecule has 2 rings (SSSR count). The highest BCUT2D eigenvalue weighted by Crippen LogP contribution is 2.30. The Labute approximate surface area is 127 Å². The Balaban J connectivity index is 2.18. The SMILES string of the molecule is C[C@H](N)c1ccc(Br)cc1OCc1sccc1Br. The molecular weight excluding hydrogens is 378 g/mol. The third-order valence-electron chi connectivity index (χ3n) is 2.52. The standard InChI is InChI=1S/C13H13Br2NOS/c1-8(16)10-3-2-9(14)6-12(10)17-7-13-11(15)4-5-18-13/h2-6,8H,7,16H2,1H3/t8-/m0/s1. The summed E-state index contributed by atoms with van der Waals surface area (Å²) in [5, 5.41) is 2.04. The molecule has 96 valence electrons. The van der Waals surface area contributed by atoms with Crippen molar-refractivity contribution >= 4 is 43.2 Å². The van der Waals surface area contributed by atoms with Crippen LogP contribution < -0.4 is 10.5 Å². The van der Waals surface area contributed by atoms with E-state index in [1.54, 1.807) is 11.3 Å². The largest absolute Gasteiger partial charge is 0.488 e. The Kier molecular flexibility index (Phi) is 4.84. The lowest BCUT2D eigenvalue weighted by atomic mass is 10.1. The third kappa shape index (κ3) is 3.35. The highest BCUT2D eigenvalue weighted by molar-refractivity contribution is 9.10. The van der Waals surface area contributed by atoms with Crippen molar-refractivity contribution in [2.75, 3.05) is 0 Å². The summed E-state index contributed by atoms with van der Waals surface area (Å²) in [7, 11) is 0. The summed E-state index contributed by atoms with van der Waals surface area (Å²) in [6.07, 6.45) is 0. The molecule has 1 aromatic heterocycles. The van der Waals surface area contributed by atoms with Gasteiger partial charge in [0.15, 0.2) is 0 Å². The van der Waals surface area contributed by atoms with Gasteiger partial charge in [-0.25, -0.2) is 0 Å². The highest BCUT2D eigenvalue weighted by atomic mass is 79.9. The van der Waals surface area contributed by atoms with Crippen molar-refractivity contribution in [3.05, 3.63) is 49.0 Å². The van der Waals surface area contributed by atoms with Crippen molar-refractivity contribution in [3.8, 4) is 5.75 Å². The second kappa shape index (κ2) is 6.19. The molecule has 0 bridgehead atoms. The summed E-state index contributed by atoms with van der Waals surface area (Å²) in [6.45, 7) is 2.51. The maximum atomic E-state index is 5.94. The summed E-state index contributed by atoms with van der Waals surface area (Å²) in [5.74, 6) is 0.833. The summed E-state index contributed by atoms with van der Waals surface area (Å²) in [5.41, 5.74) is 6.96. The number of hydrogen-bond acceptors (Lipinski definition) is 3. The van der Waals surface area contributed by atoms with E-state index in [4.69, 9.17) is 10.5 Å². The van der Waals surface area contributed by atoms with E-state index in [1.165, 1.54) is 4.88 Å². The van der Waals surface area contributed by atoms with Crippen LogP contribution >= 0.6 is 43.2 Å². The molecule has 2 N–H and O–H groups in total. The molecule has 2 nitrogen and oxygen atoms in total. The van der Waals surface area contributed by atoms with E-state index < -0.39 is 0 Å². The molecule has 0 saturated heterocycles. The van der Waals surface area contributed by atoms with E-state index in [9.17, 15) is 0 Å². The van der Waals surface area contributed by atoms with Crippen LogP contribution in [-0.4, -0.2) is 0 Å². The maximum absolute atomic E-state index is 5.94. The molecule has 0 aliphatic carbocycles. The number of ether oxygens (including phenoxy) is 1. The third-order valence-corrected chi connectivity index (χ3v) is 4.91. The number of halogens is 2. The smallest absolute Gasteiger partial charge is 0.125 e. The minimum absolute atomic E-state index is 0.0418. The van der Waals surface area contributed by atoms with Crippen LogP contribution in [0.3, 0.4) is 0 Å². The van der Waals surface area contributed by atoms with E-state index in [0.717, 1.165) is 20.3 Å². The normalized spacial score (nSPS) is 12.4. The minimum Gasteiger partial charge on any atom is -0.488 e. The van der Waals surface area contributed by atoms with Crippen LogP contribution in [0.25, 0.3) is 0 Å². The van der Waals surface area contributed by atoms with Gasteiger partial charge in [-0.1, -0.05) is 22.0 Å². The molecule has 2 aromatic rings. The van der Waals surface area contributed by atoms with Gasteiger partial charge in [0.1, 0.15) is 12.4 Å². The first-order valence-electron chi connectivity index (χ1n) is 5.47. The average molecular weight is 391 g/mol. The Bertz CT molecular complexity index is 540. The van der Waals surface area contributed by atoms with Crippen molar-refractivity contribution in [2.45, 2.75) is 19.6 Å². The number of thiophene rings is 1. The topological polar surface area (TPSA) is 35.2 Å². The fourth-order valence-corrected chi connectivity index (χ4v) is 3.30. The zero-order valence-corrected chi connectivity index (χ0v) is 13.8. The summed E-state index contributed by atoms with van der Waals surface area (Å²) >= 11 is 8.62. The molecule has 5 heteroatoms. The van der Waals surface area contributed by atoms with Crippen molar-refractivity contribution in [1.82, 2.24) is 0 Å². The average Bonchev–Trinajstić information content (AvgIpc) is 2.72. The molecule has 1 aromatic carbocycles. The molecule has 0 saturated carbocycles. The van der Waals surface area contributed by atoms with Gasteiger partial charge in [-0.2, -0.15) is 0 Å². The second-order valence-electron chi connectivity index (χ2n) is 3.95.